The number of ether oxygens (including phenoxy) is 1. The summed E-state index contributed by atoms with van der Waals surface area (Å²) in [5.41, 5.74) is 0.199. The summed E-state index contributed by atoms with van der Waals surface area (Å²) in [5.74, 6) is 0.540. The SMILES string of the molecule is Clc1cc(Cl)c(OCC2(CBr)CCCCC2)c(Cl)c1. The summed E-state index contributed by atoms with van der Waals surface area (Å²) >= 11 is 21.8. The van der Waals surface area contributed by atoms with Gasteiger partial charge in [0.25, 0.3) is 0 Å². The lowest BCUT2D eigenvalue weighted by atomic mass is 9.76. The Kier molecular flexibility index (Phi) is 5.71. The molecule has 1 aliphatic carbocycles. The van der Waals surface area contributed by atoms with Crippen LogP contribution in [0, 0.1) is 5.41 Å². The van der Waals surface area contributed by atoms with E-state index in [1.54, 1.807) is 12.1 Å². The van der Waals surface area contributed by atoms with E-state index in [1.165, 1.54) is 32.1 Å². The zero-order valence-corrected chi connectivity index (χ0v) is 14.4. The molecule has 1 aromatic carbocycles. The summed E-state index contributed by atoms with van der Waals surface area (Å²) < 4.78 is 5.90. The highest BCUT2D eigenvalue weighted by atomic mass is 79.9. The molecule has 0 aliphatic heterocycles. The quantitative estimate of drug-likeness (QED) is 0.546. The van der Waals surface area contributed by atoms with Crippen molar-refractivity contribution in [3.8, 4) is 5.75 Å². The van der Waals surface area contributed by atoms with Crippen molar-refractivity contribution in [3.63, 3.8) is 0 Å². The second kappa shape index (κ2) is 6.89. The first-order valence-electron chi connectivity index (χ1n) is 6.40. The number of alkyl halides is 1. The summed E-state index contributed by atoms with van der Waals surface area (Å²) in [7, 11) is 0. The normalized spacial score (nSPS) is 18.3. The van der Waals surface area contributed by atoms with Crippen molar-refractivity contribution >= 4 is 50.7 Å². The van der Waals surface area contributed by atoms with E-state index in [4.69, 9.17) is 39.5 Å². The summed E-state index contributed by atoms with van der Waals surface area (Å²) in [5, 5.41) is 2.41. The van der Waals surface area contributed by atoms with Gasteiger partial charge in [0.2, 0.25) is 0 Å². The van der Waals surface area contributed by atoms with Crippen molar-refractivity contribution in [3.05, 3.63) is 27.2 Å². The zero-order valence-electron chi connectivity index (χ0n) is 10.5. The van der Waals surface area contributed by atoms with E-state index in [0.717, 1.165) is 5.33 Å². The predicted molar refractivity (Wildman–Crippen MR) is 86.3 cm³/mol. The minimum atomic E-state index is 0.199. The second-order valence-electron chi connectivity index (χ2n) is 5.18. The van der Waals surface area contributed by atoms with Gasteiger partial charge in [0.15, 0.2) is 5.75 Å². The number of halogens is 4. The van der Waals surface area contributed by atoms with E-state index < -0.39 is 0 Å². The van der Waals surface area contributed by atoms with Crippen molar-refractivity contribution in [2.45, 2.75) is 32.1 Å². The van der Waals surface area contributed by atoms with Gasteiger partial charge in [-0.25, -0.2) is 0 Å². The van der Waals surface area contributed by atoms with Crippen LogP contribution in [-0.4, -0.2) is 11.9 Å². The van der Waals surface area contributed by atoms with Crippen LogP contribution < -0.4 is 4.74 Å². The van der Waals surface area contributed by atoms with Crippen LogP contribution in [0.4, 0.5) is 0 Å². The Morgan fingerprint density at radius 2 is 1.63 bits per heavy atom. The van der Waals surface area contributed by atoms with Gasteiger partial charge < -0.3 is 4.74 Å². The Bertz CT molecular complexity index is 421. The Balaban J connectivity index is 2.09. The van der Waals surface area contributed by atoms with Crippen LogP contribution in [-0.2, 0) is 0 Å². The molecule has 0 unspecified atom stereocenters. The monoisotopic (exact) mass is 384 g/mol. The fraction of sp³-hybridized carbons (Fsp3) is 0.571. The molecule has 0 bridgehead atoms. The molecule has 0 radical (unpaired) electrons. The van der Waals surface area contributed by atoms with E-state index in [-0.39, 0.29) is 5.41 Å². The maximum absolute atomic E-state index is 6.14. The number of rotatable bonds is 4. The van der Waals surface area contributed by atoms with Crippen molar-refractivity contribution in [1.82, 2.24) is 0 Å². The zero-order chi connectivity index (χ0) is 13.9. The Labute approximate surface area is 137 Å². The van der Waals surface area contributed by atoms with Gasteiger partial charge in [-0.3, -0.25) is 0 Å². The maximum atomic E-state index is 6.14. The molecule has 106 valence electrons. The van der Waals surface area contributed by atoms with Gasteiger partial charge in [0, 0.05) is 15.8 Å². The third-order valence-electron chi connectivity index (χ3n) is 3.68. The molecule has 1 fully saturated rings. The molecule has 19 heavy (non-hydrogen) atoms. The first-order chi connectivity index (χ1) is 9.06. The van der Waals surface area contributed by atoms with Crippen LogP contribution >= 0.6 is 50.7 Å². The molecule has 0 amide bonds. The molecule has 2 rings (SSSR count). The van der Waals surface area contributed by atoms with E-state index in [0.29, 0.717) is 27.4 Å². The van der Waals surface area contributed by atoms with Crippen LogP contribution in [0.15, 0.2) is 12.1 Å². The van der Waals surface area contributed by atoms with E-state index in [1.807, 2.05) is 0 Å². The standard InChI is InChI=1S/C14H16BrCl3O/c15-8-14(4-2-1-3-5-14)9-19-13-11(17)6-10(16)7-12(13)18/h6-7H,1-5,8-9H2. The molecule has 0 spiro atoms. The maximum Gasteiger partial charge on any atom is 0.156 e. The predicted octanol–water partition coefficient (Wildman–Crippen LogP) is 6.37. The number of hydrogen-bond donors (Lipinski definition) is 0. The first kappa shape index (κ1) is 15.8. The van der Waals surface area contributed by atoms with Crippen molar-refractivity contribution in [2.75, 3.05) is 11.9 Å². The number of hydrogen-bond acceptors (Lipinski definition) is 1. The van der Waals surface area contributed by atoms with Crippen LogP contribution in [0.3, 0.4) is 0 Å². The smallest absolute Gasteiger partial charge is 0.156 e. The minimum Gasteiger partial charge on any atom is -0.490 e. The molecule has 1 nitrogen and oxygen atoms in total. The van der Waals surface area contributed by atoms with Gasteiger partial charge in [-0.2, -0.15) is 0 Å². The average molecular weight is 387 g/mol. The van der Waals surface area contributed by atoms with Crippen molar-refractivity contribution in [2.24, 2.45) is 5.41 Å². The average Bonchev–Trinajstić information content (AvgIpc) is 2.38. The fourth-order valence-electron chi connectivity index (χ4n) is 2.51. The fourth-order valence-corrected chi connectivity index (χ4v) is 4.16. The molecule has 1 aromatic rings. The van der Waals surface area contributed by atoms with Gasteiger partial charge >= 0.3 is 0 Å². The lowest BCUT2D eigenvalue weighted by Crippen LogP contribution is -2.32. The van der Waals surface area contributed by atoms with Gasteiger partial charge in [0.05, 0.1) is 16.7 Å². The van der Waals surface area contributed by atoms with Crippen LogP contribution in [0.5, 0.6) is 5.75 Å². The highest BCUT2D eigenvalue weighted by Crippen LogP contribution is 2.41. The first-order valence-corrected chi connectivity index (χ1v) is 8.65. The van der Waals surface area contributed by atoms with Crippen LogP contribution in [0.1, 0.15) is 32.1 Å². The van der Waals surface area contributed by atoms with Crippen molar-refractivity contribution in [1.29, 1.82) is 0 Å². The Morgan fingerprint density at radius 3 is 2.16 bits per heavy atom. The summed E-state index contributed by atoms with van der Waals surface area (Å²) in [6, 6.07) is 3.32. The minimum absolute atomic E-state index is 0.199. The molecule has 0 aromatic heterocycles. The van der Waals surface area contributed by atoms with Gasteiger partial charge in [-0.05, 0) is 25.0 Å². The van der Waals surface area contributed by atoms with Gasteiger partial charge in [-0.1, -0.05) is 70.0 Å². The van der Waals surface area contributed by atoms with Crippen LogP contribution in [0.2, 0.25) is 15.1 Å². The lowest BCUT2D eigenvalue weighted by Gasteiger charge is -2.35. The Morgan fingerprint density at radius 1 is 1.05 bits per heavy atom. The van der Waals surface area contributed by atoms with Gasteiger partial charge in [-0.15, -0.1) is 0 Å². The summed E-state index contributed by atoms with van der Waals surface area (Å²) in [6.45, 7) is 0.638. The third-order valence-corrected chi connectivity index (χ3v) is 5.65. The molecule has 5 heteroatoms. The molecule has 1 aliphatic rings. The van der Waals surface area contributed by atoms with Crippen LogP contribution in [0.25, 0.3) is 0 Å². The topological polar surface area (TPSA) is 9.23 Å². The molecular weight excluding hydrogens is 370 g/mol. The molecule has 0 saturated heterocycles. The molecule has 0 atom stereocenters. The third kappa shape index (κ3) is 3.93. The lowest BCUT2D eigenvalue weighted by molar-refractivity contribution is 0.122. The molecule has 1 saturated carbocycles. The highest BCUT2D eigenvalue weighted by molar-refractivity contribution is 9.09. The second-order valence-corrected chi connectivity index (χ2v) is 6.99. The molecule has 0 N–H and O–H groups in total. The molecular formula is C14H16BrCl3O. The highest BCUT2D eigenvalue weighted by Gasteiger charge is 2.32. The number of benzene rings is 1. The van der Waals surface area contributed by atoms with Gasteiger partial charge in [0.1, 0.15) is 0 Å². The summed E-state index contributed by atoms with van der Waals surface area (Å²) in [6.07, 6.45) is 6.20. The largest absolute Gasteiger partial charge is 0.490 e. The van der Waals surface area contributed by atoms with Crippen molar-refractivity contribution < 1.29 is 4.74 Å². The summed E-state index contributed by atoms with van der Waals surface area (Å²) in [4.78, 5) is 0. The van der Waals surface area contributed by atoms with E-state index >= 15 is 0 Å². The Hall–Kier alpha value is 0.370. The van der Waals surface area contributed by atoms with E-state index in [2.05, 4.69) is 15.9 Å². The van der Waals surface area contributed by atoms with E-state index in [9.17, 15) is 0 Å². The molecule has 0 heterocycles.